The highest BCUT2D eigenvalue weighted by molar-refractivity contribution is 7.80. The van der Waals surface area contributed by atoms with Crippen molar-refractivity contribution < 1.29 is 4.79 Å². The van der Waals surface area contributed by atoms with Crippen LogP contribution in [0, 0.1) is 13.8 Å². The molecule has 0 aliphatic carbocycles. The van der Waals surface area contributed by atoms with Crippen LogP contribution in [0.15, 0.2) is 18.2 Å². The highest BCUT2D eigenvalue weighted by Gasteiger charge is 2.05. The van der Waals surface area contributed by atoms with Crippen molar-refractivity contribution in [1.29, 1.82) is 0 Å². The zero-order valence-corrected chi connectivity index (χ0v) is 11.8. The number of hydrogen-bond donors (Lipinski definition) is 2. The Labute approximate surface area is 114 Å². The van der Waals surface area contributed by atoms with E-state index in [1.165, 1.54) is 0 Å². The fraction of sp³-hybridized carbons (Fsp3) is 0.429. The first-order chi connectivity index (χ1) is 8.49. The van der Waals surface area contributed by atoms with Crippen molar-refractivity contribution in [3.8, 4) is 0 Å². The third kappa shape index (κ3) is 5.27. The third-order valence-corrected chi connectivity index (χ3v) is 2.82. The van der Waals surface area contributed by atoms with Gasteiger partial charge >= 0.3 is 0 Å². The van der Waals surface area contributed by atoms with Crippen LogP contribution in [0.5, 0.6) is 0 Å². The molecule has 0 fully saturated rings. The Hall–Kier alpha value is -1.42. The van der Waals surface area contributed by atoms with Gasteiger partial charge in [-0.15, -0.1) is 0 Å². The topological polar surface area (TPSA) is 55.1 Å². The van der Waals surface area contributed by atoms with Crippen LogP contribution in [0.25, 0.3) is 0 Å². The molecule has 0 unspecified atom stereocenters. The third-order valence-electron chi connectivity index (χ3n) is 2.62. The molecule has 3 N–H and O–H groups in total. The Balaban J connectivity index is 2.38. The van der Waals surface area contributed by atoms with Crippen LogP contribution in [0.4, 0.5) is 0 Å². The summed E-state index contributed by atoms with van der Waals surface area (Å²) in [6.45, 7) is 4.65. The number of carbonyl (C=O) groups is 1. The van der Waals surface area contributed by atoms with Crippen LogP contribution < -0.4 is 11.1 Å². The summed E-state index contributed by atoms with van der Waals surface area (Å²) in [7, 11) is 0. The van der Waals surface area contributed by atoms with Gasteiger partial charge in [0.1, 0.15) is 0 Å². The summed E-state index contributed by atoms with van der Waals surface area (Å²) in [6, 6.07) is 5.85. The molecule has 1 aromatic carbocycles. The van der Waals surface area contributed by atoms with E-state index in [-0.39, 0.29) is 5.91 Å². The molecule has 0 saturated carbocycles. The fourth-order valence-electron chi connectivity index (χ4n) is 1.83. The summed E-state index contributed by atoms with van der Waals surface area (Å²) < 4.78 is 0. The molecule has 1 aromatic rings. The van der Waals surface area contributed by atoms with E-state index in [4.69, 9.17) is 18.0 Å². The largest absolute Gasteiger partial charge is 0.393 e. The number of nitrogens with one attached hydrogen (secondary N) is 1. The minimum Gasteiger partial charge on any atom is -0.393 e. The van der Waals surface area contributed by atoms with Gasteiger partial charge in [0.15, 0.2) is 0 Å². The minimum absolute atomic E-state index is 0.0166. The summed E-state index contributed by atoms with van der Waals surface area (Å²) in [4.78, 5) is 12.4. The molecule has 4 heteroatoms. The van der Waals surface area contributed by atoms with Gasteiger partial charge in [-0.05, 0) is 45.2 Å². The average molecular weight is 264 g/mol. The van der Waals surface area contributed by atoms with Crippen molar-refractivity contribution in [2.45, 2.75) is 33.1 Å². The second-order valence-electron chi connectivity index (χ2n) is 4.56. The van der Waals surface area contributed by atoms with Gasteiger partial charge in [-0.1, -0.05) is 29.4 Å². The van der Waals surface area contributed by atoms with Gasteiger partial charge in [0.25, 0.3) is 5.91 Å². The standard InChI is InChI=1S/C14H20N2OS/c1-10-7-11(2)9-12(8-10)14(17)16-6-4-3-5-13(15)18/h7-9H,3-6H2,1-2H3,(H2,15,18)(H,16,17). The van der Waals surface area contributed by atoms with E-state index in [1.54, 1.807) is 0 Å². The van der Waals surface area contributed by atoms with Crippen molar-refractivity contribution in [3.05, 3.63) is 34.9 Å². The number of rotatable bonds is 6. The second kappa shape index (κ2) is 7.11. The number of nitrogens with two attached hydrogens (primary N) is 1. The Morgan fingerprint density at radius 2 is 1.83 bits per heavy atom. The predicted molar refractivity (Wildman–Crippen MR) is 78.9 cm³/mol. The number of thiocarbonyl (C=S) groups is 1. The molecule has 0 aliphatic heterocycles. The number of hydrogen-bond acceptors (Lipinski definition) is 2. The highest BCUT2D eigenvalue weighted by Crippen LogP contribution is 2.08. The van der Waals surface area contributed by atoms with E-state index in [2.05, 4.69) is 11.4 Å². The van der Waals surface area contributed by atoms with Crippen LogP contribution in [0.1, 0.15) is 40.7 Å². The number of benzene rings is 1. The monoisotopic (exact) mass is 264 g/mol. The second-order valence-corrected chi connectivity index (χ2v) is 5.08. The summed E-state index contributed by atoms with van der Waals surface area (Å²) in [5.74, 6) is -0.0166. The van der Waals surface area contributed by atoms with Gasteiger partial charge in [0, 0.05) is 12.1 Å². The van der Waals surface area contributed by atoms with Crippen LogP contribution in [-0.2, 0) is 0 Å². The first kappa shape index (κ1) is 14.6. The van der Waals surface area contributed by atoms with Crippen molar-refractivity contribution in [1.82, 2.24) is 5.32 Å². The van der Waals surface area contributed by atoms with Gasteiger partial charge in [-0.25, -0.2) is 0 Å². The maximum atomic E-state index is 11.9. The maximum Gasteiger partial charge on any atom is 0.251 e. The number of aryl methyl sites for hydroxylation is 2. The van der Waals surface area contributed by atoms with Crippen molar-refractivity contribution in [2.75, 3.05) is 6.54 Å². The van der Waals surface area contributed by atoms with Crippen molar-refractivity contribution in [2.24, 2.45) is 5.73 Å². The Morgan fingerprint density at radius 3 is 2.39 bits per heavy atom. The molecule has 1 rings (SSSR count). The molecule has 1 amide bonds. The van der Waals surface area contributed by atoms with E-state index >= 15 is 0 Å². The first-order valence-electron chi connectivity index (χ1n) is 6.14. The highest BCUT2D eigenvalue weighted by atomic mass is 32.1. The molecule has 98 valence electrons. The molecular formula is C14H20N2OS. The van der Waals surface area contributed by atoms with Gasteiger partial charge in [0.05, 0.1) is 4.99 Å². The zero-order valence-electron chi connectivity index (χ0n) is 11.0. The van der Waals surface area contributed by atoms with E-state index < -0.39 is 0 Å². The molecule has 0 heterocycles. The van der Waals surface area contributed by atoms with Crippen molar-refractivity contribution in [3.63, 3.8) is 0 Å². The van der Waals surface area contributed by atoms with Gasteiger partial charge < -0.3 is 11.1 Å². The van der Waals surface area contributed by atoms with Crippen LogP contribution >= 0.6 is 12.2 Å². The molecule has 3 nitrogen and oxygen atoms in total. The molecule has 0 aromatic heterocycles. The molecule has 0 bridgehead atoms. The van der Waals surface area contributed by atoms with E-state index in [0.29, 0.717) is 11.5 Å². The van der Waals surface area contributed by atoms with Crippen LogP contribution in [0.2, 0.25) is 0 Å². The Bertz CT molecular complexity index is 423. The zero-order chi connectivity index (χ0) is 13.5. The number of carbonyl (C=O) groups excluding carboxylic acids is 1. The van der Waals surface area contributed by atoms with Crippen LogP contribution in [-0.4, -0.2) is 17.4 Å². The Morgan fingerprint density at radius 1 is 1.22 bits per heavy atom. The SMILES string of the molecule is Cc1cc(C)cc(C(=O)NCCCCC(N)=S)c1. The minimum atomic E-state index is -0.0166. The lowest BCUT2D eigenvalue weighted by Gasteiger charge is -2.07. The predicted octanol–water partition coefficient (Wildman–Crippen LogP) is 2.49. The fourth-order valence-corrected chi connectivity index (χ4v) is 1.98. The van der Waals surface area contributed by atoms with Crippen LogP contribution in [0.3, 0.4) is 0 Å². The molecule has 0 atom stereocenters. The summed E-state index contributed by atoms with van der Waals surface area (Å²) in [5.41, 5.74) is 8.34. The normalized spacial score (nSPS) is 10.1. The molecule has 0 radical (unpaired) electrons. The van der Waals surface area contributed by atoms with E-state index in [0.717, 1.165) is 36.0 Å². The van der Waals surface area contributed by atoms with E-state index in [1.807, 2.05) is 26.0 Å². The van der Waals surface area contributed by atoms with Gasteiger partial charge in [0.2, 0.25) is 0 Å². The molecular weight excluding hydrogens is 244 g/mol. The molecule has 0 spiro atoms. The smallest absolute Gasteiger partial charge is 0.251 e. The summed E-state index contributed by atoms with van der Waals surface area (Å²) >= 11 is 4.79. The van der Waals surface area contributed by atoms with Gasteiger partial charge in [-0.2, -0.15) is 0 Å². The summed E-state index contributed by atoms with van der Waals surface area (Å²) in [5, 5.41) is 2.90. The van der Waals surface area contributed by atoms with Crippen molar-refractivity contribution >= 4 is 23.1 Å². The quantitative estimate of drug-likeness (QED) is 0.613. The van der Waals surface area contributed by atoms with Gasteiger partial charge in [-0.3, -0.25) is 4.79 Å². The molecule has 0 aliphatic rings. The Kier molecular flexibility index (Phi) is 5.78. The van der Waals surface area contributed by atoms with E-state index in [9.17, 15) is 4.79 Å². The molecule has 18 heavy (non-hydrogen) atoms. The lowest BCUT2D eigenvalue weighted by Crippen LogP contribution is -2.24. The average Bonchev–Trinajstić information content (AvgIpc) is 2.26. The summed E-state index contributed by atoms with van der Waals surface area (Å²) in [6.07, 6.45) is 2.56. The lowest BCUT2D eigenvalue weighted by molar-refractivity contribution is 0.0953. The molecule has 0 saturated heterocycles. The first-order valence-corrected chi connectivity index (χ1v) is 6.54. The maximum absolute atomic E-state index is 11.9. The number of unbranched alkanes of at least 4 members (excludes halogenated alkanes) is 1. The lowest BCUT2D eigenvalue weighted by atomic mass is 10.1. The number of amides is 1.